The summed E-state index contributed by atoms with van der Waals surface area (Å²) >= 11 is 6.51. The summed E-state index contributed by atoms with van der Waals surface area (Å²) in [5, 5.41) is 15.6. The van der Waals surface area contributed by atoms with Crippen LogP contribution in [0, 0.1) is 0 Å². The molecule has 0 unspecified atom stereocenters. The van der Waals surface area contributed by atoms with Gasteiger partial charge in [-0.25, -0.2) is 19.9 Å². The third kappa shape index (κ3) is 4.43. The molecule has 6 rings (SSSR count). The third-order valence-electron chi connectivity index (χ3n) is 5.42. The number of benzene rings is 2. The predicted molar refractivity (Wildman–Crippen MR) is 136 cm³/mol. The molecule has 11 nitrogen and oxygen atoms in total. The topological polar surface area (TPSA) is 124 Å². The Bertz CT molecular complexity index is 1630. The Morgan fingerprint density at radius 2 is 1.86 bits per heavy atom. The first kappa shape index (κ1) is 22.0. The summed E-state index contributed by atoms with van der Waals surface area (Å²) in [5.41, 5.74) is 2.71. The van der Waals surface area contributed by atoms with Crippen LogP contribution in [0.5, 0.6) is 11.6 Å². The molecule has 4 heterocycles. The van der Waals surface area contributed by atoms with Crippen molar-refractivity contribution in [3.05, 3.63) is 66.5 Å². The van der Waals surface area contributed by atoms with E-state index in [1.165, 1.54) is 6.33 Å². The van der Waals surface area contributed by atoms with Crippen molar-refractivity contribution >= 4 is 51.4 Å². The summed E-state index contributed by atoms with van der Waals surface area (Å²) in [4.78, 5) is 17.6. The monoisotopic (exact) mass is 501 g/mol. The molecule has 1 aliphatic rings. The minimum absolute atomic E-state index is 0.247. The molecule has 36 heavy (non-hydrogen) atoms. The molecule has 5 aromatic rings. The fourth-order valence-electron chi connectivity index (χ4n) is 3.68. The maximum Gasteiger partial charge on any atom is 0.289 e. The summed E-state index contributed by atoms with van der Waals surface area (Å²) in [6.45, 7) is 4.57. The SMILES string of the molecule is CC1(C)COC(Nc2ccc3ncnc(Nc4ccc(Oc5cc6nncn6cn5)c(Cl)c4)c3c2)=N1. The van der Waals surface area contributed by atoms with E-state index >= 15 is 0 Å². The normalized spacial score (nSPS) is 14.5. The molecule has 0 bridgehead atoms. The zero-order chi connectivity index (χ0) is 24.7. The van der Waals surface area contributed by atoms with Crippen molar-refractivity contribution in [1.82, 2.24) is 29.5 Å². The number of nitrogens with one attached hydrogen (secondary N) is 2. The molecule has 2 aromatic carbocycles. The average Bonchev–Trinajstić information content (AvgIpc) is 3.46. The second-order valence-electron chi connectivity index (χ2n) is 8.79. The van der Waals surface area contributed by atoms with E-state index in [1.807, 2.05) is 38.1 Å². The van der Waals surface area contributed by atoms with Crippen LogP contribution in [0.2, 0.25) is 5.02 Å². The van der Waals surface area contributed by atoms with E-state index in [2.05, 4.69) is 40.8 Å². The highest BCUT2D eigenvalue weighted by atomic mass is 35.5. The zero-order valence-electron chi connectivity index (χ0n) is 19.3. The van der Waals surface area contributed by atoms with Crippen molar-refractivity contribution in [1.29, 1.82) is 0 Å². The van der Waals surface area contributed by atoms with Gasteiger partial charge in [-0.2, -0.15) is 0 Å². The van der Waals surface area contributed by atoms with E-state index < -0.39 is 0 Å². The molecule has 0 aliphatic carbocycles. The number of halogens is 1. The van der Waals surface area contributed by atoms with Crippen LogP contribution < -0.4 is 15.4 Å². The van der Waals surface area contributed by atoms with Gasteiger partial charge in [-0.1, -0.05) is 11.6 Å². The zero-order valence-corrected chi connectivity index (χ0v) is 20.1. The fourth-order valence-corrected chi connectivity index (χ4v) is 3.90. The molecule has 3 aromatic heterocycles. The smallest absolute Gasteiger partial charge is 0.289 e. The number of ether oxygens (including phenoxy) is 2. The molecule has 180 valence electrons. The van der Waals surface area contributed by atoms with Crippen molar-refractivity contribution in [2.24, 2.45) is 4.99 Å². The summed E-state index contributed by atoms with van der Waals surface area (Å²) in [7, 11) is 0. The minimum atomic E-state index is -0.247. The van der Waals surface area contributed by atoms with E-state index in [0.29, 0.717) is 40.7 Å². The van der Waals surface area contributed by atoms with Gasteiger partial charge in [0.2, 0.25) is 5.88 Å². The lowest BCUT2D eigenvalue weighted by Gasteiger charge is -2.12. The standard InChI is InChI=1S/C24H20ClN9O2/c1-24(2)10-35-23(32-24)31-14-3-5-18-16(7-14)22(27-11-26-18)30-15-4-6-19(17(25)8-15)36-21-9-20-33-29-13-34(20)12-28-21/h3-9,11-13H,10H2,1-2H3,(H,31,32)(H,26,27,30). The number of fused-ring (bicyclic) bond motifs is 2. The molecule has 0 atom stereocenters. The van der Waals surface area contributed by atoms with Gasteiger partial charge in [0, 0.05) is 22.8 Å². The highest BCUT2D eigenvalue weighted by molar-refractivity contribution is 6.32. The Hall–Kier alpha value is -4.51. The lowest BCUT2D eigenvalue weighted by atomic mass is 10.1. The molecule has 2 N–H and O–H groups in total. The third-order valence-corrected chi connectivity index (χ3v) is 5.72. The molecular weight excluding hydrogens is 482 g/mol. The second kappa shape index (κ2) is 8.61. The fraction of sp³-hybridized carbons (Fsp3) is 0.167. The molecule has 0 amide bonds. The van der Waals surface area contributed by atoms with Gasteiger partial charge in [-0.05, 0) is 50.2 Å². The van der Waals surface area contributed by atoms with Crippen molar-refractivity contribution in [2.75, 3.05) is 17.2 Å². The van der Waals surface area contributed by atoms with Gasteiger partial charge in [-0.15, -0.1) is 10.2 Å². The molecule has 1 aliphatic heterocycles. The summed E-state index contributed by atoms with van der Waals surface area (Å²) in [5.74, 6) is 1.44. The van der Waals surface area contributed by atoms with E-state index in [1.54, 1.807) is 35.3 Å². The molecule has 12 heteroatoms. The number of aromatic nitrogens is 6. The maximum atomic E-state index is 6.51. The summed E-state index contributed by atoms with van der Waals surface area (Å²) in [6.07, 6.45) is 4.65. The van der Waals surface area contributed by atoms with Crippen molar-refractivity contribution in [2.45, 2.75) is 19.4 Å². The van der Waals surface area contributed by atoms with Gasteiger partial charge in [0.15, 0.2) is 5.65 Å². The Balaban J connectivity index is 1.23. The number of amidine groups is 1. The molecule has 0 spiro atoms. The van der Waals surface area contributed by atoms with E-state index in [9.17, 15) is 0 Å². The van der Waals surface area contributed by atoms with Crippen LogP contribution in [0.25, 0.3) is 16.6 Å². The largest absolute Gasteiger partial charge is 0.462 e. The number of hydrogen-bond donors (Lipinski definition) is 2. The number of rotatable bonds is 5. The Labute approximate surface area is 210 Å². The van der Waals surface area contributed by atoms with Crippen molar-refractivity contribution < 1.29 is 9.47 Å². The number of nitrogens with zero attached hydrogens (tertiary/aromatic N) is 7. The highest BCUT2D eigenvalue weighted by Gasteiger charge is 2.26. The van der Waals surface area contributed by atoms with Gasteiger partial charge >= 0.3 is 0 Å². The van der Waals surface area contributed by atoms with Crippen LogP contribution in [0.15, 0.2) is 66.4 Å². The lowest BCUT2D eigenvalue weighted by Crippen LogP contribution is -2.17. The Kier molecular flexibility index (Phi) is 5.26. The molecule has 0 radical (unpaired) electrons. The van der Waals surface area contributed by atoms with Gasteiger partial charge in [0.25, 0.3) is 6.02 Å². The van der Waals surface area contributed by atoms with Crippen molar-refractivity contribution in [3.63, 3.8) is 0 Å². The van der Waals surface area contributed by atoms with Gasteiger partial charge in [0.05, 0.1) is 16.1 Å². The predicted octanol–water partition coefficient (Wildman–Crippen LogP) is 4.83. The van der Waals surface area contributed by atoms with Crippen molar-refractivity contribution in [3.8, 4) is 11.6 Å². The van der Waals surface area contributed by atoms with Crippen LogP contribution in [-0.4, -0.2) is 47.7 Å². The van der Waals surface area contributed by atoms with Crippen LogP contribution in [0.3, 0.4) is 0 Å². The Morgan fingerprint density at radius 1 is 1.00 bits per heavy atom. The quantitative estimate of drug-likeness (QED) is 0.348. The lowest BCUT2D eigenvalue weighted by molar-refractivity contribution is 0.278. The number of anilines is 3. The van der Waals surface area contributed by atoms with Crippen LogP contribution >= 0.6 is 11.6 Å². The molecular formula is C24H20ClN9O2. The average molecular weight is 502 g/mol. The van der Waals surface area contributed by atoms with Crippen LogP contribution in [0.4, 0.5) is 17.2 Å². The van der Waals surface area contributed by atoms with E-state index in [0.717, 1.165) is 22.3 Å². The van der Waals surface area contributed by atoms with Gasteiger partial charge in [-0.3, -0.25) is 4.40 Å². The summed E-state index contributed by atoms with van der Waals surface area (Å²) < 4.78 is 13.2. The molecule has 0 saturated heterocycles. The van der Waals surface area contributed by atoms with Crippen LogP contribution in [-0.2, 0) is 4.74 Å². The van der Waals surface area contributed by atoms with Crippen LogP contribution in [0.1, 0.15) is 13.8 Å². The Morgan fingerprint density at radius 3 is 2.69 bits per heavy atom. The molecule has 0 saturated carbocycles. The molecule has 0 fully saturated rings. The van der Waals surface area contributed by atoms with Gasteiger partial charge in [0.1, 0.15) is 37.2 Å². The van der Waals surface area contributed by atoms with E-state index in [4.69, 9.17) is 21.1 Å². The number of aliphatic imine (C=N–C) groups is 1. The maximum absolute atomic E-state index is 6.51. The highest BCUT2D eigenvalue weighted by Crippen LogP contribution is 2.33. The first-order valence-corrected chi connectivity index (χ1v) is 11.4. The first-order chi connectivity index (χ1) is 17.4. The first-order valence-electron chi connectivity index (χ1n) is 11.1. The second-order valence-corrected chi connectivity index (χ2v) is 9.20. The minimum Gasteiger partial charge on any atom is -0.462 e. The summed E-state index contributed by atoms with van der Waals surface area (Å²) in [6, 6.07) is 13.3. The van der Waals surface area contributed by atoms with Gasteiger partial charge < -0.3 is 20.1 Å². The van der Waals surface area contributed by atoms with E-state index in [-0.39, 0.29) is 5.54 Å². The number of hydrogen-bond acceptors (Lipinski definition) is 10.